The molecule has 0 atom stereocenters. The van der Waals surface area contributed by atoms with Crippen LogP contribution in [0.3, 0.4) is 0 Å². The molecule has 0 radical (unpaired) electrons. The van der Waals surface area contributed by atoms with Gasteiger partial charge in [0.05, 0.1) is 24.4 Å². The van der Waals surface area contributed by atoms with E-state index in [1.807, 2.05) is 0 Å². The molecule has 1 aromatic heterocycles. The molecule has 20 heavy (non-hydrogen) atoms. The van der Waals surface area contributed by atoms with Crippen LogP contribution in [0, 0.1) is 0 Å². The topological polar surface area (TPSA) is 50.9 Å². The number of benzene rings is 1. The summed E-state index contributed by atoms with van der Waals surface area (Å²) in [5.41, 5.74) is 0.580. The molecule has 106 valence electrons. The van der Waals surface area contributed by atoms with E-state index in [0.29, 0.717) is 23.5 Å². The van der Waals surface area contributed by atoms with Gasteiger partial charge < -0.3 is 5.11 Å². The lowest BCUT2D eigenvalue weighted by Crippen LogP contribution is -2.05. The van der Waals surface area contributed by atoms with Crippen LogP contribution in [-0.4, -0.2) is 20.1 Å². The van der Waals surface area contributed by atoms with Crippen molar-refractivity contribution in [3.8, 4) is 11.3 Å². The van der Waals surface area contributed by atoms with Crippen LogP contribution in [0.25, 0.3) is 11.3 Å². The Kier molecular flexibility index (Phi) is 3.89. The van der Waals surface area contributed by atoms with Crippen molar-refractivity contribution < 1.29 is 18.3 Å². The molecule has 7 heteroatoms. The first-order valence-corrected chi connectivity index (χ1v) is 5.79. The van der Waals surface area contributed by atoms with Crippen molar-refractivity contribution in [1.29, 1.82) is 0 Å². The first kappa shape index (κ1) is 14.3. The largest absolute Gasteiger partial charge is 0.416 e. The molecule has 0 spiro atoms. The average molecular weight is 283 g/mol. The van der Waals surface area contributed by atoms with E-state index < -0.39 is 11.7 Å². The van der Waals surface area contributed by atoms with Crippen LogP contribution in [0.15, 0.2) is 36.9 Å². The Morgan fingerprint density at radius 1 is 1.25 bits per heavy atom. The summed E-state index contributed by atoms with van der Waals surface area (Å²) in [7, 11) is 0. The second-order valence-corrected chi connectivity index (χ2v) is 4.09. The van der Waals surface area contributed by atoms with Gasteiger partial charge in [0.1, 0.15) is 5.69 Å². The number of aliphatic hydroxyl groups excluding tert-OH is 1. The van der Waals surface area contributed by atoms with E-state index in [1.165, 1.54) is 16.8 Å². The van der Waals surface area contributed by atoms with Crippen LogP contribution in [0.4, 0.5) is 13.2 Å². The number of nitrogens with zero attached hydrogens (tertiary/aromatic N) is 3. The fourth-order valence-corrected chi connectivity index (χ4v) is 1.84. The molecule has 0 bridgehead atoms. The molecule has 1 aromatic carbocycles. The summed E-state index contributed by atoms with van der Waals surface area (Å²) in [5, 5.41) is 16.9. The summed E-state index contributed by atoms with van der Waals surface area (Å²) in [6.07, 6.45) is -2.79. The van der Waals surface area contributed by atoms with Crippen LogP contribution >= 0.6 is 0 Å². The second kappa shape index (κ2) is 5.46. The molecule has 0 unspecified atom stereocenters. The third-order valence-corrected chi connectivity index (χ3v) is 2.74. The van der Waals surface area contributed by atoms with Crippen molar-refractivity contribution in [3.63, 3.8) is 0 Å². The quantitative estimate of drug-likeness (QED) is 0.878. The number of hydrogen-bond donors (Lipinski definition) is 1. The normalized spacial score (nSPS) is 11.6. The van der Waals surface area contributed by atoms with Gasteiger partial charge in [0.2, 0.25) is 0 Å². The molecule has 0 fully saturated rings. The number of hydrogen-bond acceptors (Lipinski definition) is 3. The highest BCUT2D eigenvalue weighted by atomic mass is 19.4. The van der Waals surface area contributed by atoms with Crippen molar-refractivity contribution in [2.45, 2.75) is 19.3 Å². The summed E-state index contributed by atoms with van der Waals surface area (Å²) in [6, 6.07) is 4.64. The first-order valence-electron chi connectivity index (χ1n) is 5.79. The van der Waals surface area contributed by atoms with Crippen LogP contribution in [0.1, 0.15) is 11.3 Å². The van der Waals surface area contributed by atoms with E-state index in [4.69, 9.17) is 0 Å². The van der Waals surface area contributed by atoms with Gasteiger partial charge in [-0.2, -0.15) is 13.2 Å². The summed E-state index contributed by atoms with van der Waals surface area (Å²) in [5.74, 6) is 0. The van der Waals surface area contributed by atoms with Gasteiger partial charge in [0.15, 0.2) is 0 Å². The summed E-state index contributed by atoms with van der Waals surface area (Å²) >= 11 is 0. The zero-order chi connectivity index (χ0) is 14.8. The Labute approximate surface area is 113 Å². The predicted molar refractivity (Wildman–Crippen MR) is 66.6 cm³/mol. The maximum Gasteiger partial charge on any atom is 0.416 e. The third-order valence-electron chi connectivity index (χ3n) is 2.74. The lowest BCUT2D eigenvalue weighted by Gasteiger charge is -2.09. The lowest BCUT2D eigenvalue weighted by atomic mass is 10.1. The molecule has 0 aliphatic carbocycles. The number of alkyl halides is 3. The molecule has 1 heterocycles. The van der Waals surface area contributed by atoms with E-state index in [0.717, 1.165) is 12.1 Å². The van der Waals surface area contributed by atoms with Gasteiger partial charge in [0, 0.05) is 5.56 Å². The minimum Gasteiger partial charge on any atom is -0.390 e. The predicted octanol–water partition coefficient (Wildman–Crippen LogP) is 2.64. The number of aliphatic hydroxyl groups is 1. The monoisotopic (exact) mass is 283 g/mol. The van der Waals surface area contributed by atoms with E-state index in [-0.39, 0.29) is 6.61 Å². The Morgan fingerprint density at radius 2 is 1.90 bits per heavy atom. The Bertz CT molecular complexity index is 602. The van der Waals surface area contributed by atoms with Crippen LogP contribution in [-0.2, 0) is 19.3 Å². The van der Waals surface area contributed by atoms with Crippen LogP contribution < -0.4 is 0 Å². The zero-order valence-corrected chi connectivity index (χ0v) is 10.4. The smallest absolute Gasteiger partial charge is 0.390 e. The van der Waals surface area contributed by atoms with Gasteiger partial charge in [0.25, 0.3) is 0 Å². The minimum atomic E-state index is -4.38. The average Bonchev–Trinajstić information content (AvgIpc) is 2.81. The number of rotatable bonds is 4. The van der Waals surface area contributed by atoms with E-state index in [2.05, 4.69) is 16.9 Å². The van der Waals surface area contributed by atoms with Crippen molar-refractivity contribution in [2.75, 3.05) is 0 Å². The number of halogens is 3. The van der Waals surface area contributed by atoms with Gasteiger partial charge in [-0.25, -0.2) is 4.68 Å². The molecule has 4 nitrogen and oxygen atoms in total. The molecule has 1 N–H and O–H groups in total. The Hall–Kier alpha value is -2.15. The molecule has 2 aromatic rings. The lowest BCUT2D eigenvalue weighted by molar-refractivity contribution is -0.137. The van der Waals surface area contributed by atoms with Gasteiger partial charge in [-0.15, -0.1) is 11.7 Å². The van der Waals surface area contributed by atoms with E-state index in [9.17, 15) is 18.3 Å². The standard InChI is InChI=1S/C13H12F3N3O/c1-2-7-19-12(11(8-20)17-18-19)9-3-5-10(6-4-9)13(14,15)16/h2-6,20H,1,7-8H2. The molecular formula is C13H12F3N3O. The molecule has 0 aliphatic rings. The molecule has 0 saturated carbocycles. The Balaban J connectivity index is 2.45. The first-order chi connectivity index (χ1) is 9.47. The van der Waals surface area contributed by atoms with Gasteiger partial charge >= 0.3 is 6.18 Å². The summed E-state index contributed by atoms with van der Waals surface area (Å²) in [6.45, 7) is 3.58. The van der Waals surface area contributed by atoms with Gasteiger partial charge in [-0.1, -0.05) is 23.4 Å². The van der Waals surface area contributed by atoms with Gasteiger partial charge in [-0.3, -0.25) is 0 Å². The molecule has 0 amide bonds. The van der Waals surface area contributed by atoms with Crippen molar-refractivity contribution in [1.82, 2.24) is 15.0 Å². The molecular weight excluding hydrogens is 271 g/mol. The maximum atomic E-state index is 12.5. The van der Waals surface area contributed by atoms with Crippen molar-refractivity contribution in [2.24, 2.45) is 0 Å². The fraction of sp³-hybridized carbons (Fsp3) is 0.231. The van der Waals surface area contributed by atoms with Crippen molar-refractivity contribution >= 4 is 0 Å². The number of aromatic nitrogens is 3. The third kappa shape index (κ3) is 2.72. The Morgan fingerprint density at radius 3 is 2.40 bits per heavy atom. The fourth-order valence-electron chi connectivity index (χ4n) is 1.84. The molecule has 0 saturated heterocycles. The SMILES string of the molecule is C=CCn1nnc(CO)c1-c1ccc(C(F)(F)F)cc1. The van der Waals surface area contributed by atoms with Gasteiger partial charge in [-0.05, 0) is 12.1 Å². The minimum absolute atomic E-state index is 0.312. The highest BCUT2D eigenvalue weighted by Gasteiger charge is 2.30. The van der Waals surface area contributed by atoms with Crippen LogP contribution in [0.2, 0.25) is 0 Å². The highest BCUT2D eigenvalue weighted by molar-refractivity contribution is 5.62. The summed E-state index contributed by atoms with van der Waals surface area (Å²) < 4.78 is 39.0. The zero-order valence-electron chi connectivity index (χ0n) is 10.4. The summed E-state index contributed by atoms with van der Waals surface area (Å²) in [4.78, 5) is 0. The van der Waals surface area contributed by atoms with Crippen molar-refractivity contribution in [3.05, 3.63) is 48.2 Å². The maximum absolute atomic E-state index is 12.5. The molecule has 2 rings (SSSR count). The molecule has 0 aliphatic heterocycles. The van der Waals surface area contributed by atoms with E-state index in [1.54, 1.807) is 6.08 Å². The highest BCUT2D eigenvalue weighted by Crippen LogP contribution is 2.31. The second-order valence-electron chi connectivity index (χ2n) is 4.09. The van der Waals surface area contributed by atoms with Crippen LogP contribution in [0.5, 0.6) is 0 Å². The van der Waals surface area contributed by atoms with E-state index >= 15 is 0 Å². The number of allylic oxidation sites excluding steroid dienone is 1.